The maximum Gasteiger partial charge on any atom is 0.0664 e. The van der Waals surface area contributed by atoms with Crippen LogP contribution in [0.4, 0.5) is 11.4 Å². The van der Waals surface area contributed by atoms with Crippen molar-refractivity contribution in [1.82, 2.24) is 4.98 Å². The number of nitrogens with two attached hydrogens (primary N) is 1. The Kier molecular flexibility index (Phi) is 3.99. The van der Waals surface area contributed by atoms with E-state index in [0.29, 0.717) is 6.61 Å². The van der Waals surface area contributed by atoms with Crippen molar-refractivity contribution >= 4 is 22.1 Å². The van der Waals surface area contributed by atoms with E-state index in [-0.39, 0.29) is 6.04 Å². The van der Waals surface area contributed by atoms with Crippen LogP contribution in [0.1, 0.15) is 13.8 Å². The number of nitrogen functional groups attached to an aromatic ring is 1. The van der Waals surface area contributed by atoms with Gasteiger partial charge in [0.15, 0.2) is 0 Å². The second kappa shape index (κ2) is 5.69. The third-order valence-corrected chi connectivity index (χ3v) is 2.83. The fourth-order valence-electron chi connectivity index (χ4n) is 1.94. The number of nitrogens with one attached hydrogen (secondary N) is 1. The monoisotopic (exact) mass is 245 g/mol. The van der Waals surface area contributed by atoms with Crippen molar-refractivity contribution in [2.75, 3.05) is 24.3 Å². The summed E-state index contributed by atoms with van der Waals surface area (Å²) in [5, 5.41) is 5.50. The fourth-order valence-corrected chi connectivity index (χ4v) is 1.94. The van der Waals surface area contributed by atoms with Crippen molar-refractivity contribution in [1.29, 1.82) is 0 Å². The minimum atomic E-state index is 0.247. The molecule has 0 spiro atoms. The Morgan fingerprint density at radius 1 is 1.33 bits per heavy atom. The Bertz CT molecular complexity index is 527. The van der Waals surface area contributed by atoms with Crippen LogP contribution in [0.15, 0.2) is 30.6 Å². The van der Waals surface area contributed by atoms with Gasteiger partial charge >= 0.3 is 0 Å². The lowest BCUT2D eigenvalue weighted by molar-refractivity contribution is 0.141. The van der Waals surface area contributed by atoms with Gasteiger partial charge in [-0.3, -0.25) is 4.98 Å². The maximum atomic E-state index is 5.96. The van der Waals surface area contributed by atoms with Crippen molar-refractivity contribution in [3.63, 3.8) is 0 Å². The Balaban J connectivity index is 2.26. The van der Waals surface area contributed by atoms with E-state index in [4.69, 9.17) is 10.5 Å². The van der Waals surface area contributed by atoms with E-state index < -0.39 is 0 Å². The molecule has 0 aliphatic carbocycles. The molecular formula is C14H19N3O. The summed E-state index contributed by atoms with van der Waals surface area (Å²) in [4.78, 5) is 4.16. The highest BCUT2D eigenvalue weighted by Crippen LogP contribution is 2.27. The van der Waals surface area contributed by atoms with Gasteiger partial charge in [-0.1, -0.05) is 0 Å². The second-order valence-corrected chi connectivity index (χ2v) is 4.33. The fraction of sp³-hybridized carbons (Fsp3) is 0.357. The number of hydrogen-bond acceptors (Lipinski definition) is 4. The summed E-state index contributed by atoms with van der Waals surface area (Å²) in [6.07, 6.45) is 3.59. The molecule has 0 amide bonds. The van der Waals surface area contributed by atoms with Crippen molar-refractivity contribution in [3.8, 4) is 0 Å². The predicted octanol–water partition coefficient (Wildman–Crippen LogP) is 2.65. The van der Waals surface area contributed by atoms with E-state index in [1.807, 2.05) is 31.3 Å². The van der Waals surface area contributed by atoms with Crippen molar-refractivity contribution in [3.05, 3.63) is 30.6 Å². The van der Waals surface area contributed by atoms with Gasteiger partial charge in [-0.2, -0.15) is 0 Å². The van der Waals surface area contributed by atoms with Gasteiger partial charge in [0.1, 0.15) is 0 Å². The van der Waals surface area contributed by atoms with E-state index in [2.05, 4.69) is 17.2 Å². The molecule has 2 aromatic rings. The second-order valence-electron chi connectivity index (χ2n) is 4.33. The van der Waals surface area contributed by atoms with Crippen molar-refractivity contribution in [2.45, 2.75) is 19.9 Å². The molecule has 1 atom stereocenters. The molecule has 0 saturated carbocycles. The van der Waals surface area contributed by atoms with Gasteiger partial charge in [-0.25, -0.2) is 0 Å². The quantitative estimate of drug-likeness (QED) is 0.795. The topological polar surface area (TPSA) is 60.2 Å². The zero-order valence-electron chi connectivity index (χ0n) is 10.8. The maximum absolute atomic E-state index is 5.96. The SMILES string of the molecule is CCOCC(C)Nc1ccc(N)c2ccncc12. The first-order chi connectivity index (χ1) is 8.72. The molecule has 1 heterocycles. The lowest BCUT2D eigenvalue weighted by Gasteiger charge is -2.17. The molecule has 0 aliphatic heterocycles. The number of anilines is 2. The van der Waals surface area contributed by atoms with E-state index in [1.165, 1.54) is 0 Å². The molecule has 0 saturated heterocycles. The van der Waals surface area contributed by atoms with Crippen LogP contribution in [0.2, 0.25) is 0 Å². The van der Waals surface area contributed by atoms with Gasteiger partial charge in [0.2, 0.25) is 0 Å². The molecule has 96 valence electrons. The molecule has 18 heavy (non-hydrogen) atoms. The average Bonchev–Trinajstić information content (AvgIpc) is 2.40. The molecule has 2 rings (SSSR count). The number of aromatic nitrogens is 1. The summed E-state index contributed by atoms with van der Waals surface area (Å²) >= 11 is 0. The molecule has 3 N–H and O–H groups in total. The van der Waals surface area contributed by atoms with Crippen LogP contribution in [-0.4, -0.2) is 24.2 Å². The van der Waals surface area contributed by atoms with Gasteiger partial charge < -0.3 is 15.8 Å². The van der Waals surface area contributed by atoms with Crippen LogP contribution >= 0.6 is 0 Å². The standard InChI is InChI=1S/C14H19N3O/c1-3-18-9-10(2)17-14-5-4-13(15)11-6-7-16-8-12(11)14/h4-8,10,17H,3,9,15H2,1-2H3. The normalized spacial score (nSPS) is 12.6. The molecule has 0 fully saturated rings. The summed E-state index contributed by atoms with van der Waals surface area (Å²) < 4.78 is 5.40. The molecule has 1 unspecified atom stereocenters. The van der Waals surface area contributed by atoms with E-state index in [1.54, 1.807) is 6.20 Å². The Morgan fingerprint density at radius 3 is 2.94 bits per heavy atom. The average molecular weight is 245 g/mol. The Morgan fingerprint density at radius 2 is 2.17 bits per heavy atom. The molecule has 4 heteroatoms. The van der Waals surface area contributed by atoms with E-state index >= 15 is 0 Å². The number of nitrogens with zero attached hydrogens (tertiary/aromatic N) is 1. The van der Waals surface area contributed by atoms with E-state index in [9.17, 15) is 0 Å². The number of pyridine rings is 1. The molecule has 0 radical (unpaired) electrons. The van der Waals surface area contributed by atoms with Gasteiger partial charge in [-0.15, -0.1) is 0 Å². The van der Waals surface area contributed by atoms with E-state index in [0.717, 1.165) is 28.8 Å². The van der Waals surface area contributed by atoms with Gasteiger partial charge in [0.25, 0.3) is 0 Å². The highest BCUT2D eigenvalue weighted by atomic mass is 16.5. The highest BCUT2D eigenvalue weighted by molar-refractivity contribution is 6.00. The Labute approximate surface area is 107 Å². The zero-order chi connectivity index (χ0) is 13.0. The minimum absolute atomic E-state index is 0.247. The highest BCUT2D eigenvalue weighted by Gasteiger charge is 2.07. The smallest absolute Gasteiger partial charge is 0.0664 e. The predicted molar refractivity (Wildman–Crippen MR) is 75.7 cm³/mol. The van der Waals surface area contributed by atoms with Gasteiger partial charge in [0, 0.05) is 47.2 Å². The summed E-state index contributed by atoms with van der Waals surface area (Å²) in [6, 6.07) is 6.08. The largest absolute Gasteiger partial charge is 0.398 e. The first-order valence-electron chi connectivity index (χ1n) is 6.19. The zero-order valence-corrected chi connectivity index (χ0v) is 10.8. The molecule has 1 aromatic carbocycles. The first-order valence-corrected chi connectivity index (χ1v) is 6.19. The van der Waals surface area contributed by atoms with Crippen LogP contribution in [0.25, 0.3) is 10.8 Å². The lowest BCUT2D eigenvalue weighted by Crippen LogP contribution is -2.21. The summed E-state index contributed by atoms with van der Waals surface area (Å²) in [5.74, 6) is 0. The molecule has 1 aromatic heterocycles. The van der Waals surface area contributed by atoms with Crippen LogP contribution in [-0.2, 0) is 4.74 Å². The van der Waals surface area contributed by atoms with Crippen molar-refractivity contribution < 1.29 is 4.74 Å². The Hall–Kier alpha value is -1.81. The summed E-state index contributed by atoms with van der Waals surface area (Å²) in [6.45, 7) is 5.50. The molecular weight excluding hydrogens is 226 g/mol. The lowest BCUT2D eigenvalue weighted by atomic mass is 10.1. The van der Waals surface area contributed by atoms with Gasteiger partial charge in [0.05, 0.1) is 6.61 Å². The molecule has 0 bridgehead atoms. The number of rotatable bonds is 5. The number of fused-ring (bicyclic) bond motifs is 1. The molecule has 0 aliphatic rings. The first kappa shape index (κ1) is 12.6. The summed E-state index contributed by atoms with van der Waals surface area (Å²) in [7, 11) is 0. The van der Waals surface area contributed by atoms with Gasteiger partial charge in [-0.05, 0) is 32.0 Å². The van der Waals surface area contributed by atoms with Crippen molar-refractivity contribution in [2.24, 2.45) is 0 Å². The molecule has 4 nitrogen and oxygen atoms in total. The minimum Gasteiger partial charge on any atom is -0.398 e. The number of benzene rings is 1. The third-order valence-electron chi connectivity index (χ3n) is 2.83. The van der Waals surface area contributed by atoms with Crippen LogP contribution < -0.4 is 11.1 Å². The number of ether oxygens (including phenoxy) is 1. The summed E-state index contributed by atoms with van der Waals surface area (Å²) in [5.41, 5.74) is 7.77. The van der Waals surface area contributed by atoms with Crippen LogP contribution in [0.5, 0.6) is 0 Å². The van der Waals surface area contributed by atoms with Crippen LogP contribution in [0.3, 0.4) is 0 Å². The number of hydrogen-bond donors (Lipinski definition) is 2. The third kappa shape index (κ3) is 2.71. The van der Waals surface area contributed by atoms with Crippen LogP contribution in [0, 0.1) is 0 Å².